The number of hydrogen-bond donors (Lipinski definition) is 2. The second kappa shape index (κ2) is 10.1. The Bertz CT molecular complexity index is 579. The fourth-order valence-electron chi connectivity index (χ4n) is 3.27. The molecule has 0 heterocycles. The van der Waals surface area contributed by atoms with Crippen LogP contribution in [0.5, 0.6) is 5.75 Å². The molecule has 25 heavy (non-hydrogen) atoms. The van der Waals surface area contributed by atoms with Crippen molar-refractivity contribution in [3.05, 3.63) is 23.8 Å². The average Bonchev–Trinajstić information content (AvgIpc) is 2.60. The Labute approximate surface area is 149 Å². The van der Waals surface area contributed by atoms with E-state index in [2.05, 4.69) is 5.32 Å². The summed E-state index contributed by atoms with van der Waals surface area (Å²) >= 11 is 0. The summed E-state index contributed by atoms with van der Waals surface area (Å²) in [5, 5.41) is 11.8. The lowest BCUT2D eigenvalue weighted by Crippen LogP contribution is -2.19. The standard InChI is InChI=1S/C20H29NO4/c1-2-12-25-18-10-8-16(9-11-20(23)24)13-17(18)21-19(22)14-15-6-4-3-5-7-15/h8,10,13,15H,2-7,9,11-12,14H2,1H3,(H,21,22)(H,23,24). The van der Waals surface area contributed by atoms with Crippen LogP contribution >= 0.6 is 0 Å². The Morgan fingerprint density at radius 2 is 2.00 bits per heavy atom. The minimum atomic E-state index is -0.825. The molecule has 5 nitrogen and oxygen atoms in total. The normalized spacial score (nSPS) is 14.9. The van der Waals surface area contributed by atoms with Crippen LogP contribution < -0.4 is 10.1 Å². The van der Waals surface area contributed by atoms with E-state index in [1.807, 2.05) is 25.1 Å². The highest BCUT2D eigenvalue weighted by Gasteiger charge is 2.18. The molecule has 1 aromatic rings. The minimum Gasteiger partial charge on any atom is -0.491 e. The van der Waals surface area contributed by atoms with Gasteiger partial charge in [-0.15, -0.1) is 0 Å². The van der Waals surface area contributed by atoms with Crippen LogP contribution in [0.4, 0.5) is 5.69 Å². The summed E-state index contributed by atoms with van der Waals surface area (Å²) in [6.07, 6.45) is 7.92. The second-order valence-electron chi connectivity index (χ2n) is 6.83. The Morgan fingerprint density at radius 3 is 2.68 bits per heavy atom. The van der Waals surface area contributed by atoms with Gasteiger partial charge in [-0.3, -0.25) is 9.59 Å². The molecule has 2 rings (SSSR count). The third kappa shape index (κ3) is 6.77. The monoisotopic (exact) mass is 347 g/mol. The van der Waals surface area contributed by atoms with Crippen molar-refractivity contribution < 1.29 is 19.4 Å². The number of carbonyl (C=O) groups excluding carboxylic acids is 1. The number of rotatable bonds is 9. The zero-order chi connectivity index (χ0) is 18.1. The van der Waals surface area contributed by atoms with Gasteiger partial charge in [0.1, 0.15) is 5.75 Å². The smallest absolute Gasteiger partial charge is 0.303 e. The first-order valence-corrected chi connectivity index (χ1v) is 9.36. The van der Waals surface area contributed by atoms with E-state index in [0.717, 1.165) is 24.8 Å². The van der Waals surface area contributed by atoms with Crippen LogP contribution in [0, 0.1) is 5.92 Å². The molecule has 2 N–H and O–H groups in total. The van der Waals surface area contributed by atoms with Crippen molar-refractivity contribution in [1.29, 1.82) is 0 Å². The van der Waals surface area contributed by atoms with Gasteiger partial charge in [0, 0.05) is 12.8 Å². The van der Waals surface area contributed by atoms with E-state index in [1.165, 1.54) is 19.3 Å². The van der Waals surface area contributed by atoms with Gasteiger partial charge in [0.15, 0.2) is 0 Å². The lowest BCUT2D eigenvalue weighted by Gasteiger charge is -2.21. The maximum absolute atomic E-state index is 12.4. The van der Waals surface area contributed by atoms with Crippen LogP contribution in [0.3, 0.4) is 0 Å². The van der Waals surface area contributed by atoms with Gasteiger partial charge in [-0.2, -0.15) is 0 Å². The molecule has 5 heteroatoms. The number of carboxylic acid groups (broad SMARTS) is 1. The molecule has 1 amide bonds. The summed E-state index contributed by atoms with van der Waals surface area (Å²) < 4.78 is 5.73. The number of nitrogens with one attached hydrogen (secondary N) is 1. The first-order valence-electron chi connectivity index (χ1n) is 9.36. The molecule has 138 valence electrons. The van der Waals surface area contributed by atoms with E-state index in [-0.39, 0.29) is 12.3 Å². The van der Waals surface area contributed by atoms with Gasteiger partial charge in [0.2, 0.25) is 5.91 Å². The summed E-state index contributed by atoms with van der Waals surface area (Å²) in [4.78, 5) is 23.2. The zero-order valence-corrected chi connectivity index (χ0v) is 15.1. The predicted molar refractivity (Wildman–Crippen MR) is 98.0 cm³/mol. The van der Waals surface area contributed by atoms with Crippen molar-refractivity contribution in [2.24, 2.45) is 5.92 Å². The molecule has 0 unspecified atom stereocenters. The summed E-state index contributed by atoms with van der Waals surface area (Å²) in [6, 6.07) is 5.53. The lowest BCUT2D eigenvalue weighted by molar-refractivity contribution is -0.137. The second-order valence-corrected chi connectivity index (χ2v) is 6.83. The summed E-state index contributed by atoms with van der Waals surface area (Å²) in [6.45, 7) is 2.61. The van der Waals surface area contributed by atoms with Gasteiger partial charge in [-0.25, -0.2) is 0 Å². The number of aliphatic carboxylic acids is 1. The van der Waals surface area contributed by atoms with Crippen molar-refractivity contribution in [3.8, 4) is 5.75 Å². The van der Waals surface area contributed by atoms with E-state index >= 15 is 0 Å². The van der Waals surface area contributed by atoms with E-state index in [9.17, 15) is 9.59 Å². The number of amides is 1. The number of carbonyl (C=O) groups is 2. The Hall–Kier alpha value is -2.04. The maximum atomic E-state index is 12.4. The molecule has 0 saturated heterocycles. The molecule has 0 aromatic heterocycles. The van der Waals surface area contributed by atoms with E-state index in [0.29, 0.717) is 36.8 Å². The van der Waals surface area contributed by atoms with Crippen LogP contribution in [0.15, 0.2) is 18.2 Å². The molecule has 0 spiro atoms. The molecule has 0 radical (unpaired) electrons. The summed E-state index contributed by atoms with van der Waals surface area (Å²) in [7, 11) is 0. The number of anilines is 1. The maximum Gasteiger partial charge on any atom is 0.303 e. The minimum absolute atomic E-state index is 0.0173. The molecule has 0 bridgehead atoms. The molecular formula is C20H29NO4. The number of benzene rings is 1. The SMILES string of the molecule is CCCOc1ccc(CCC(=O)O)cc1NC(=O)CC1CCCCC1. The number of carboxylic acids is 1. The van der Waals surface area contributed by atoms with Gasteiger partial charge < -0.3 is 15.2 Å². The zero-order valence-electron chi connectivity index (χ0n) is 15.1. The number of aryl methyl sites for hydroxylation is 1. The summed E-state index contributed by atoms with van der Waals surface area (Å²) in [5.74, 6) is 0.319. The molecule has 1 aliphatic rings. The highest BCUT2D eigenvalue weighted by atomic mass is 16.5. The van der Waals surface area contributed by atoms with Crippen molar-refractivity contribution in [2.75, 3.05) is 11.9 Å². The highest BCUT2D eigenvalue weighted by molar-refractivity contribution is 5.92. The third-order valence-corrected chi connectivity index (χ3v) is 4.61. The van der Waals surface area contributed by atoms with E-state index < -0.39 is 5.97 Å². The van der Waals surface area contributed by atoms with Crippen molar-refractivity contribution in [2.45, 2.75) is 64.7 Å². The molecule has 1 fully saturated rings. The summed E-state index contributed by atoms with van der Waals surface area (Å²) in [5.41, 5.74) is 1.54. The van der Waals surface area contributed by atoms with Crippen molar-refractivity contribution in [1.82, 2.24) is 0 Å². The Balaban J connectivity index is 2.03. The predicted octanol–water partition coefficient (Wildman–Crippen LogP) is 4.40. The van der Waals surface area contributed by atoms with Crippen molar-refractivity contribution >= 4 is 17.6 Å². The molecular weight excluding hydrogens is 318 g/mol. The number of hydrogen-bond acceptors (Lipinski definition) is 3. The first-order chi connectivity index (χ1) is 12.1. The van der Waals surface area contributed by atoms with E-state index in [1.54, 1.807) is 0 Å². The van der Waals surface area contributed by atoms with Crippen LogP contribution in [0.25, 0.3) is 0 Å². The highest BCUT2D eigenvalue weighted by Crippen LogP contribution is 2.29. The molecule has 1 aromatic carbocycles. The lowest BCUT2D eigenvalue weighted by atomic mass is 9.87. The number of ether oxygens (including phenoxy) is 1. The van der Waals surface area contributed by atoms with Gasteiger partial charge in [-0.05, 0) is 49.3 Å². The molecule has 1 aliphatic carbocycles. The largest absolute Gasteiger partial charge is 0.491 e. The van der Waals surface area contributed by atoms with Crippen LogP contribution in [0.1, 0.15) is 63.9 Å². The van der Waals surface area contributed by atoms with Gasteiger partial charge >= 0.3 is 5.97 Å². The quantitative estimate of drug-likeness (QED) is 0.694. The fraction of sp³-hybridized carbons (Fsp3) is 0.600. The molecule has 1 saturated carbocycles. The Kier molecular flexibility index (Phi) is 7.76. The van der Waals surface area contributed by atoms with Gasteiger partial charge in [0.25, 0.3) is 0 Å². The Morgan fingerprint density at radius 1 is 1.24 bits per heavy atom. The van der Waals surface area contributed by atoms with Gasteiger partial charge in [0.05, 0.1) is 12.3 Å². The van der Waals surface area contributed by atoms with Gasteiger partial charge in [-0.1, -0.05) is 32.3 Å². The fourth-order valence-corrected chi connectivity index (χ4v) is 3.27. The molecule has 0 aliphatic heterocycles. The van der Waals surface area contributed by atoms with Crippen LogP contribution in [-0.2, 0) is 16.0 Å². The third-order valence-electron chi connectivity index (χ3n) is 4.61. The first kappa shape index (κ1) is 19.3. The van der Waals surface area contributed by atoms with E-state index in [4.69, 9.17) is 9.84 Å². The average molecular weight is 347 g/mol. The van der Waals surface area contributed by atoms with Crippen molar-refractivity contribution in [3.63, 3.8) is 0 Å². The van der Waals surface area contributed by atoms with Crippen LogP contribution in [-0.4, -0.2) is 23.6 Å². The molecule has 0 atom stereocenters. The van der Waals surface area contributed by atoms with Crippen LogP contribution in [0.2, 0.25) is 0 Å². The topological polar surface area (TPSA) is 75.6 Å².